The summed E-state index contributed by atoms with van der Waals surface area (Å²) < 4.78 is 7.01. The number of fused-ring (bicyclic) bond motifs is 1. The minimum atomic E-state index is 0.117. The summed E-state index contributed by atoms with van der Waals surface area (Å²) >= 11 is 5.24. The lowest BCUT2D eigenvalue weighted by Gasteiger charge is -2.27. The number of nitrogens with one attached hydrogen (secondary N) is 1. The SMILES string of the molecule is Brc1cccc2c1OC(c1cccs1)CN2. The molecule has 0 spiro atoms. The minimum Gasteiger partial charge on any atom is -0.480 e. The Bertz CT molecular complexity index is 498. The van der Waals surface area contributed by atoms with Crippen LogP contribution in [0.5, 0.6) is 5.75 Å². The van der Waals surface area contributed by atoms with Crippen LogP contribution in [-0.2, 0) is 0 Å². The van der Waals surface area contributed by atoms with Crippen LogP contribution in [0.3, 0.4) is 0 Å². The number of hydrogen-bond donors (Lipinski definition) is 1. The molecule has 1 aliphatic rings. The second-order valence-corrected chi connectivity index (χ2v) is 5.45. The van der Waals surface area contributed by atoms with E-state index in [1.165, 1.54) is 4.88 Å². The van der Waals surface area contributed by atoms with Gasteiger partial charge in [0.25, 0.3) is 0 Å². The van der Waals surface area contributed by atoms with Gasteiger partial charge in [-0.2, -0.15) is 0 Å². The molecule has 0 aliphatic carbocycles. The van der Waals surface area contributed by atoms with Crippen LogP contribution in [0.4, 0.5) is 5.69 Å². The number of thiophene rings is 1. The maximum atomic E-state index is 6.01. The molecule has 82 valence electrons. The van der Waals surface area contributed by atoms with Crippen LogP contribution in [0.2, 0.25) is 0 Å². The molecule has 0 saturated heterocycles. The van der Waals surface area contributed by atoms with Gasteiger partial charge in [0.15, 0.2) is 11.9 Å². The maximum Gasteiger partial charge on any atom is 0.157 e. The van der Waals surface area contributed by atoms with Gasteiger partial charge in [0.2, 0.25) is 0 Å². The Kier molecular flexibility index (Phi) is 2.61. The third-order valence-corrected chi connectivity index (χ3v) is 4.15. The first kappa shape index (κ1) is 10.2. The van der Waals surface area contributed by atoms with E-state index < -0.39 is 0 Å². The predicted molar refractivity (Wildman–Crippen MR) is 70.3 cm³/mol. The predicted octanol–water partition coefficient (Wildman–Crippen LogP) is 4.06. The van der Waals surface area contributed by atoms with Crippen LogP contribution < -0.4 is 10.1 Å². The second kappa shape index (κ2) is 4.11. The van der Waals surface area contributed by atoms with Crippen molar-refractivity contribution in [2.75, 3.05) is 11.9 Å². The maximum absolute atomic E-state index is 6.01. The average Bonchev–Trinajstić information content (AvgIpc) is 2.83. The van der Waals surface area contributed by atoms with Gasteiger partial charge in [0.1, 0.15) is 0 Å². The zero-order chi connectivity index (χ0) is 11.0. The van der Waals surface area contributed by atoms with E-state index in [4.69, 9.17) is 4.74 Å². The highest BCUT2D eigenvalue weighted by Gasteiger charge is 2.22. The average molecular weight is 296 g/mol. The van der Waals surface area contributed by atoms with E-state index in [9.17, 15) is 0 Å². The van der Waals surface area contributed by atoms with Crippen LogP contribution in [0.1, 0.15) is 11.0 Å². The van der Waals surface area contributed by atoms with E-state index in [1.54, 1.807) is 11.3 Å². The molecule has 1 unspecified atom stereocenters. The minimum absolute atomic E-state index is 0.117. The van der Waals surface area contributed by atoms with Gasteiger partial charge in [-0.15, -0.1) is 11.3 Å². The summed E-state index contributed by atoms with van der Waals surface area (Å²) in [6.07, 6.45) is 0.117. The van der Waals surface area contributed by atoms with E-state index in [-0.39, 0.29) is 6.10 Å². The van der Waals surface area contributed by atoms with E-state index in [0.717, 1.165) is 22.5 Å². The van der Waals surface area contributed by atoms with Gasteiger partial charge in [-0.25, -0.2) is 0 Å². The molecule has 3 rings (SSSR count). The second-order valence-electron chi connectivity index (χ2n) is 3.62. The fourth-order valence-electron chi connectivity index (χ4n) is 1.79. The summed E-state index contributed by atoms with van der Waals surface area (Å²) in [6, 6.07) is 10.2. The molecule has 0 radical (unpaired) electrons. The first-order valence-corrected chi connectivity index (χ1v) is 6.74. The molecular formula is C12H10BrNOS. The van der Waals surface area contributed by atoms with E-state index in [2.05, 4.69) is 38.8 Å². The number of rotatable bonds is 1. The topological polar surface area (TPSA) is 21.3 Å². The molecule has 1 N–H and O–H groups in total. The van der Waals surface area contributed by atoms with Crippen molar-refractivity contribution in [2.45, 2.75) is 6.10 Å². The van der Waals surface area contributed by atoms with Crippen molar-refractivity contribution >= 4 is 33.0 Å². The lowest BCUT2D eigenvalue weighted by Crippen LogP contribution is -2.22. The number of ether oxygens (including phenoxy) is 1. The highest BCUT2D eigenvalue weighted by Crippen LogP contribution is 2.40. The van der Waals surface area contributed by atoms with Crippen LogP contribution in [-0.4, -0.2) is 6.54 Å². The Labute approximate surface area is 106 Å². The lowest BCUT2D eigenvalue weighted by atomic mass is 10.2. The van der Waals surface area contributed by atoms with Crippen LogP contribution >= 0.6 is 27.3 Å². The Morgan fingerprint density at radius 1 is 1.31 bits per heavy atom. The molecular weight excluding hydrogens is 286 g/mol. The van der Waals surface area contributed by atoms with Crippen LogP contribution in [0.25, 0.3) is 0 Å². The fourth-order valence-corrected chi connectivity index (χ4v) is 3.00. The number of anilines is 1. The molecule has 2 aromatic rings. The third kappa shape index (κ3) is 1.72. The van der Waals surface area contributed by atoms with Gasteiger partial charge in [0.05, 0.1) is 16.7 Å². The van der Waals surface area contributed by atoms with Gasteiger partial charge < -0.3 is 10.1 Å². The van der Waals surface area contributed by atoms with Crippen molar-refractivity contribution < 1.29 is 4.74 Å². The number of benzene rings is 1. The zero-order valence-electron chi connectivity index (χ0n) is 8.44. The highest BCUT2D eigenvalue weighted by atomic mass is 79.9. The standard InChI is InChI=1S/C12H10BrNOS/c13-8-3-1-4-9-12(8)15-10(7-14-9)11-5-2-6-16-11/h1-6,10,14H,7H2. The van der Waals surface area contributed by atoms with E-state index in [0.29, 0.717) is 0 Å². The number of para-hydroxylation sites is 1. The van der Waals surface area contributed by atoms with Crippen LogP contribution in [0.15, 0.2) is 40.2 Å². The van der Waals surface area contributed by atoms with Gasteiger partial charge >= 0.3 is 0 Å². The smallest absolute Gasteiger partial charge is 0.157 e. The summed E-state index contributed by atoms with van der Waals surface area (Å²) in [5, 5.41) is 5.47. The molecule has 1 aromatic heterocycles. The van der Waals surface area contributed by atoms with Gasteiger partial charge in [-0.05, 0) is 39.5 Å². The summed E-state index contributed by atoms with van der Waals surface area (Å²) in [7, 11) is 0. The zero-order valence-corrected chi connectivity index (χ0v) is 10.8. The molecule has 2 nitrogen and oxygen atoms in total. The molecule has 1 atom stereocenters. The highest BCUT2D eigenvalue weighted by molar-refractivity contribution is 9.10. The summed E-state index contributed by atoms with van der Waals surface area (Å²) in [5.74, 6) is 0.909. The molecule has 1 aliphatic heterocycles. The number of hydrogen-bond acceptors (Lipinski definition) is 3. The molecule has 0 saturated carbocycles. The first-order chi connectivity index (χ1) is 7.84. The fraction of sp³-hybridized carbons (Fsp3) is 0.167. The van der Waals surface area contributed by atoms with Crippen molar-refractivity contribution in [1.82, 2.24) is 0 Å². The third-order valence-electron chi connectivity index (χ3n) is 2.57. The molecule has 0 amide bonds. The van der Waals surface area contributed by atoms with E-state index in [1.807, 2.05) is 18.2 Å². The summed E-state index contributed by atoms with van der Waals surface area (Å²) in [4.78, 5) is 1.26. The monoisotopic (exact) mass is 295 g/mol. The molecule has 0 fully saturated rings. The quantitative estimate of drug-likeness (QED) is 0.857. The normalized spacial score (nSPS) is 18.4. The molecule has 4 heteroatoms. The molecule has 1 aromatic carbocycles. The number of halogens is 1. The van der Waals surface area contributed by atoms with Crippen molar-refractivity contribution in [3.63, 3.8) is 0 Å². The lowest BCUT2D eigenvalue weighted by molar-refractivity contribution is 0.213. The van der Waals surface area contributed by atoms with Crippen molar-refractivity contribution in [3.8, 4) is 5.75 Å². The first-order valence-electron chi connectivity index (χ1n) is 5.07. The van der Waals surface area contributed by atoms with Crippen LogP contribution in [0, 0.1) is 0 Å². The van der Waals surface area contributed by atoms with Gasteiger partial charge in [-0.3, -0.25) is 0 Å². The summed E-state index contributed by atoms with van der Waals surface area (Å²) in [5.41, 5.74) is 1.06. The van der Waals surface area contributed by atoms with Gasteiger partial charge in [0, 0.05) is 4.88 Å². The summed E-state index contributed by atoms with van der Waals surface area (Å²) in [6.45, 7) is 0.823. The Balaban J connectivity index is 1.94. The molecule has 16 heavy (non-hydrogen) atoms. The Hall–Kier alpha value is -1.00. The van der Waals surface area contributed by atoms with E-state index >= 15 is 0 Å². The Morgan fingerprint density at radius 2 is 2.25 bits per heavy atom. The van der Waals surface area contributed by atoms with Gasteiger partial charge in [-0.1, -0.05) is 12.1 Å². The van der Waals surface area contributed by atoms with Crippen molar-refractivity contribution in [1.29, 1.82) is 0 Å². The van der Waals surface area contributed by atoms with Crippen molar-refractivity contribution in [2.24, 2.45) is 0 Å². The molecule has 0 bridgehead atoms. The Morgan fingerprint density at radius 3 is 3.06 bits per heavy atom. The van der Waals surface area contributed by atoms with Crippen molar-refractivity contribution in [3.05, 3.63) is 45.1 Å². The largest absolute Gasteiger partial charge is 0.480 e. The molecule has 2 heterocycles.